The van der Waals surface area contributed by atoms with Crippen molar-refractivity contribution in [1.82, 2.24) is 4.90 Å². The number of nitrogens with zero attached hydrogens (tertiary/aromatic N) is 2. The van der Waals surface area contributed by atoms with E-state index in [9.17, 15) is 14.7 Å². The van der Waals surface area contributed by atoms with Gasteiger partial charge in [0, 0.05) is 49.1 Å². The zero-order valence-electron chi connectivity index (χ0n) is 22.9. The summed E-state index contributed by atoms with van der Waals surface area (Å²) >= 11 is 0. The predicted octanol–water partition coefficient (Wildman–Crippen LogP) is 3.33. The summed E-state index contributed by atoms with van der Waals surface area (Å²) in [7, 11) is 3.61. The highest BCUT2D eigenvalue weighted by Gasteiger charge is 2.78. The minimum absolute atomic E-state index is 0.0171. The van der Waals surface area contributed by atoms with Crippen LogP contribution in [0.4, 0.5) is 5.69 Å². The smallest absolute Gasteiger partial charge is 0.338 e. The third-order valence-electron chi connectivity index (χ3n) is 9.66. The third kappa shape index (κ3) is 3.44. The van der Waals surface area contributed by atoms with E-state index in [4.69, 9.17) is 14.2 Å². The van der Waals surface area contributed by atoms with Gasteiger partial charge in [0.25, 0.3) is 0 Å². The number of rotatable bonds is 6. The van der Waals surface area contributed by atoms with Crippen LogP contribution in [0.5, 0.6) is 5.75 Å². The number of fused-ring (bicyclic) bond motifs is 1. The van der Waals surface area contributed by atoms with Crippen molar-refractivity contribution < 1.29 is 28.9 Å². The van der Waals surface area contributed by atoms with Crippen molar-refractivity contribution in [1.29, 1.82) is 0 Å². The lowest BCUT2D eigenvalue weighted by atomic mass is 9.48. The molecule has 0 bridgehead atoms. The van der Waals surface area contributed by atoms with Crippen LogP contribution in [0.3, 0.4) is 0 Å². The number of hydrogen-bond donors (Lipinski definition) is 1. The Bertz CT molecular complexity index is 1330. The van der Waals surface area contributed by atoms with Crippen molar-refractivity contribution in [2.24, 2.45) is 5.41 Å². The van der Waals surface area contributed by atoms with E-state index < -0.39 is 40.5 Å². The molecule has 1 aliphatic carbocycles. The first kappa shape index (κ1) is 25.9. The fraction of sp³-hybridized carbons (Fsp3) is 0.484. The van der Waals surface area contributed by atoms with E-state index in [1.807, 2.05) is 25.2 Å². The van der Waals surface area contributed by atoms with Crippen molar-refractivity contribution in [3.05, 3.63) is 71.8 Å². The molecule has 2 aromatic carbocycles. The van der Waals surface area contributed by atoms with Crippen LogP contribution in [0.1, 0.15) is 42.6 Å². The van der Waals surface area contributed by atoms with E-state index in [0.29, 0.717) is 12.0 Å². The Morgan fingerprint density at radius 2 is 1.90 bits per heavy atom. The van der Waals surface area contributed by atoms with E-state index in [-0.39, 0.29) is 12.6 Å². The van der Waals surface area contributed by atoms with Gasteiger partial charge in [-0.1, -0.05) is 43.3 Å². The molecule has 1 saturated carbocycles. The van der Waals surface area contributed by atoms with Gasteiger partial charge in [-0.25, -0.2) is 4.79 Å². The zero-order chi connectivity index (χ0) is 27.6. The Balaban J connectivity index is 1.55. The molecule has 3 aliphatic heterocycles. The van der Waals surface area contributed by atoms with Crippen molar-refractivity contribution in [2.75, 3.05) is 38.8 Å². The number of benzene rings is 2. The molecule has 1 N–H and O–H groups in total. The fourth-order valence-corrected chi connectivity index (χ4v) is 8.45. The van der Waals surface area contributed by atoms with E-state index in [1.54, 1.807) is 31.4 Å². The van der Waals surface area contributed by atoms with Crippen molar-refractivity contribution in [3.8, 4) is 5.75 Å². The monoisotopic (exact) mass is 532 g/mol. The number of carbonyl (C=O) groups is 2. The molecular weight excluding hydrogens is 496 g/mol. The number of esters is 2. The second-order valence-corrected chi connectivity index (χ2v) is 11.4. The summed E-state index contributed by atoms with van der Waals surface area (Å²) in [5, 5.41) is 13.0. The highest BCUT2D eigenvalue weighted by molar-refractivity contribution is 5.89. The van der Waals surface area contributed by atoms with Gasteiger partial charge < -0.3 is 24.2 Å². The Morgan fingerprint density at radius 3 is 2.59 bits per heavy atom. The topological polar surface area (TPSA) is 88.5 Å². The summed E-state index contributed by atoms with van der Waals surface area (Å²) in [6.45, 7) is 4.78. The maximum atomic E-state index is 13.1. The van der Waals surface area contributed by atoms with Gasteiger partial charge in [-0.2, -0.15) is 0 Å². The molecule has 4 aliphatic rings. The summed E-state index contributed by atoms with van der Waals surface area (Å²) in [6.07, 6.45) is 4.80. The molecule has 39 heavy (non-hydrogen) atoms. The van der Waals surface area contributed by atoms with Crippen LogP contribution >= 0.6 is 0 Å². The number of methoxy groups -OCH3 is 1. The molecule has 8 heteroatoms. The molecule has 1 spiro atoms. The van der Waals surface area contributed by atoms with Gasteiger partial charge in [-0.15, -0.1) is 0 Å². The predicted molar refractivity (Wildman–Crippen MR) is 146 cm³/mol. The maximum Gasteiger partial charge on any atom is 0.338 e. The standard InChI is InChI=1S/C31H36N2O6/c1-5-29-14-9-16-33-17-15-30(26(29)33)23-13-12-22(37-4)18-24(23)32(3)27(30)31(36,28(29)39-20(2)34)19-38-25(35)21-10-7-6-8-11-21/h6-14,18,26-28,36H,5,15-17,19H2,1-4H3/t26?,27-,28-,29-,30-,31?/m1/s1. The van der Waals surface area contributed by atoms with Crippen LogP contribution in [-0.2, 0) is 19.7 Å². The molecule has 0 aromatic heterocycles. The van der Waals surface area contributed by atoms with Crippen LogP contribution in [0, 0.1) is 5.41 Å². The summed E-state index contributed by atoms with van der Waals surface area (Å²) in [5.41, 5.74) is -0.366. The van der Waals surface area contributed by atoms with Gasteiger partial charge in [0.15, 0.2) is 5.60 Å². The van der Waals surface area contributed by atoms with E-state index >= 15 is 0 Å². The lowest BCUT2D eigenvalue weighted by Gasteiger charge is -2.64. The maximum absolute atomic E-state index is 13.1. The Morgan fingerprint density at radius 1 is 1.13 bits per heavy atom. The number of anilines is 1. The first-order valence-corrected chi connectivity index (χ1v) is 13.7. The summed E-state index contributed by atoms with van der Waals surface area (Å²) in [6, 6.07) is 14.3. The fourth-order valence-electron chi connectivity index (χ4n) is 8.45. The number of carbonyl (C=O) groups excluding carboxylic acids is 2. The Hall–Kier alpha value is -3.36. The SMILES string of the molecule is CC[C@]12C=CCN3CC[C@@]4(c5ccc(OC)cc5N(C)[C@H]4C(O)(COC(=O)c4ccccc4)[C@@H]1OC(C)=O)C32. The van der Waals surface area contributed by atoms with Crippen LogP contribution in [0.15, 0.2) is 60.7 Å². The first-order chi connectivity index (χ1) is 18.7. The number of likely N-dealkylation sites (N-methyl/N-ethyl adjacent to an activating group) is 1. The van der Waals surface area contributed by atoms with Crippen LogP contribution < -0.4 is 9.64 Å². The number of ether oxygens (including phenoxy) is 3. The van der Waals surface area contributed by atoms with Crippen LogP contribution in [0.2, 0.25) is 0 Å². The lowest BCUT2D eigenvalue weighted by Crippen LogP contribution is -2.80. The summed E-state index contributed by atoms with van der Waals surface area (Å²) in [4.78, 5) is 30.3. The molecule has 0 radical (unpaired) electrons. The van der Waals surface area contributed by atoms with Gasteiger partial charge in [-0.3, -0.25) is 9.69 Å². The average molecular weight is 533 g/mol. The molecule has 8 nitrogen and oxygen atoms in total. The second kappa shape index (κ2) is 9.10. The minimum Gasteiger partial charge on any atom is -0.497 e. The summed E-state index contributed by atoms with van der Waals surface area (Å²) in [5.74, 6) is -0.276. The van der Waals surface area contributed by atoms with Crippen LogP contribution in [0.25, 0.3) is 0 Å². The molecule has 2 fully saturated rings. The van der Waals surface area contributed by atoms with Gasteiger partial charge >= 0.3 is 11.9 Å². The third-order valence-corrected chi connectivity index (χ3v) is 9.66. The molecule has 6 rings (SSSR count). The lowest BCUT2D eigenvalue weighted by molar-refractivity contribution is -0.228. The first-order valence-electron chi connectivity index (χ1n) is 13.7. The van der Waals surface area contributed by atoms with Crippen LogP contribution in [-0.4, -0.2) is 79.6 Å². The van der Waals surface area contributed by atoms with Gasteiger partial charge in [0.1, 0.15) is 18.5 Å². The van der Waals surface area contributed by atoms with E-state index in [0.717, 1.165) is 36.5 Å². The Kier molecular flexibility index (Phi) is 6.04. The van der Waals surface area contributed by atoms with Gasteiger partial charge in [0.05, 0.1) is 18.7 Å². The number of aliphatic hydroxyl groups is 1. The van der Waals surface area contributed by atoms with Crippen molar-refractivity contribution in [3.63, 3.8) is 0 Å². The molecule has 1 saturated heterocycles. The average Bonchev–Trinajstić information content (AvgIpc) is 3.46. The zero-order valence-corrected chi connectivity index (χ0v) is 22.9. The Labute approximate surface area is 229 Å². The second-order valence-electron chi connectivity index (χ2n) is 11.4. The molecule has 0 amide bonds. The largest absolute Gasteiger partial charge is 0.497 e. The van der Waals surface area contributed by atoms with Crippen molar-refractivity contribution >= 4 is 17.6 Å². The molecule has 3 heterocycles. The van der Waals surface area contributed by atoms with E-state index in [1.165, 1.54) is 6.92 Å². The molecule has 2 unspecified atom stereocenters. The van der Waals surface area contributed by atoms with Crippen molar-refractivity contribution in [2.45, 2.75) is 55.9 Å². The summed E-state index contributed by atoms with van der Waals surface area (Å²) < 4.78 is 17.6. The molecular formula is C31H36N2O6. The normalized spacial score (nSPS) is 34.2. The van der Waals surface area contributed by atoms with Gasteiger partial charge in [-0.05, 0) is 43.1 Å². The quantitative estimate of drug-likeness (QED) is 0.448. The minimum atomic E-state index is -1.71. The highest BCUT2D eigenvalue weighted by atomic mass is 16.6. The molecule has 2 aromatic rings. The van der Waals surface area contributed by atoms with Gasteiger partial charge in [0.2, 0.25) is 0 Å². The highest BCUT2D eigenvalue weighted by Crippen LogP contribution is 2.67. The van der Waals surface area contributed by atoms with E-state index in [2.05, 4.69) is 34.9 Å². The molecule has 206 valence electrons. The molecule has 6 atom stereocenters. The number of hydrogen-bond acceptors (Lipinski definition) is 8.